The van der Waals surface area contributed by atoms with Gasteiger partial charge in [0.2, 0.25) is 0 Å². The molecule has 2 amide bonds. The van der Waals surface area contributed by atoms with Gasteiger partial charge in [0.25, 0.3) is 0 Å². The first-order chi connectivity index (χ1) is 18.3. The highest BCUT2D eigenvalue weighted by molar-refractivity contribution is 9.10. The third-order valence-corrected chi connectivity index (χ3v) is 6.83. The number of hydrogen-bond donors (Lipinski definition) is 1. The molecule has 4 rings (SSSR count). The molecule has 1 unspecified atom stereocenters. The molecule has 1 heterocycles. The molecule has 7 nitrogen and oxygen atoms in total. The molecule has 0 aromatic heterocycles. The van der Waals surface area contributed by atoms with Gasteiger partial charge in [-0.15, -0.1) is 0 Å². The van der Waals surface area contributed by atoms with Crippen molar-refractivity contribution in [2.45, 2.75) is 19.6 Å². The lowest BCUT2D eigenvalue weighted by Crippen LogP contribution is -2.49. The lowest BCUT2D eigenvalue weighted by atomic mass is 9.94. The van der Waals surface area contributed by atoms with Gasteiger partial charge >= 0.3 is 12.0 Å². The Labute approximate surface area is 239 Å². The minimum absolute atomic E-state index is 0.0832. The van der Waals surface area contributed by atoms with Gasteiger partial charge in [0.15, 0.2) is 0 Å². The highest BCUT2D eigenvalue weighted by Crippen LogP contribution is 2.40. The van der Waals surface area contributed by atoms with Gasteiger partial charge in [-0.25, -0.2) is 9.59 Å². The fourth-order valence-electron chi connectivity index (χ4n) is 4.08. The summed E-state index contributed by atoms with van der Waals surface area (Å²) in [7, 11) is 1.55. The molecule has 1 atom stereocenters. The Morgan fingerprint density at radius 2 is 1.76 bits per heavy atom. The maximum Gasteiger partial charge on any atom is 0.338 e. The number of nitrogens with zero attached hydrogens (tertiary/aromatic N) is 1. The summed E-state index contributed by atoms with van der Waals surface area (Å²) in [6, 6.07) is 18.3. The molecule has 198 valence electrons. The Kier molecular flexibility index (Phi) is 9.33. The van der Waals surface area contributed by atoms with Crippen LogP contribution in [-0.2, 0) is 20.9 Å². The van der Waals surface area contributed by atoms with Crippen LogP contribution in [0.2, 0.25) is 10.0 Å². The van der Waals surface area contributed by atoms with Crippen molar-refractivity contribution in [1.82, 2.24) is 10.2 Å². The summed E-state index contributed by atoms with van der Waals surface area (Å²) in [5.41, 5.74) is 2.15. The Balaban J connectivity index is 1.74. The number of carbonyl (C=O) groups excluding carboxylic acids is 2. The van der Waals surface area contributed by atoms with Crippen LogP contribution in [0.5, 0.6) is 11.5 Å². The average Bonchev–Trinajstić information content (AvgIpc) is 2.87. The molecule has 0 spiro atoms. The van der Waals surface area contributed by atoms with Crippen molar-refractivity contribution in [3.05, 3.63) is 104 Å². The Morgan fingerprint density at radius 3 is 2.45 bits per heavy atom. The Bertz CT molecular complexity index is 1350. The van der Waals surface area contributed by atoms with Crippen molar-refractivity contribution in [2.24, 2.45) is 0 Å². The second-order valence-corrected chi connectivity index (χ2v) is 10.3. The standard InChI is InChI=1S/C28H25BrCl2N2O5/c1-17-25(27(34)37-16-18-6-4-3-5-7-18)26(32-28(35)33(17)10-11-36-2)23-9-8-19(29)12-24(23)38-22-14-20(30)13-21(31)15-22/h3-9,12-15,26H,10-11,16H2,1-2H3,(H,32,35). The zero-order valence-corrected chi connectivity index (χ0v) is 23.8. The van der Waals surface area contributed by atoms with Gasteiger partial charge in [-0.2, -0.15) is 0 Å². The number of benzene rings is 3. The van der Waals surface area contributed by atoms with Crippen LogP contribution < -0.4 is 10.1 Å². The van der Waals surface area contributed by atoms with Crippen molar-refractivity contribution in [3.63, 3.8) is 0 Å². The first-order valence-corrected chi connectivity index (χ1v) is 13.2. The molecule has 0 radical (unpaired) electrons. The van der Waals surface area contributed by atoms with Gasteiger partial charge in [0.1, 0.15) is 18.1 Å². The second kappa shape index (κ2) is 12.7. The van der Waals surface area contributed by atoms with Crippen molar-refractivity contribution in [2.75, 3.05) is 20.3 Å². The number of carbonyl (C=O) groups is 2. The molecular weight excluding hydrogens is 595 g/mol. The minimum Gasteiger partial charge on any atom is -0.457 e. The summed E-state index contributed by atoms with van der Waals surface area (Å²) in [6.45, 7) is 2.36. The number of halogens is 3. The SMILES string of the molecule is COCCN1C(=O)NC(c2ccc(Br)cc2Oc2cc(Cl)cc(Cl)c2)C(C(=O)OCc2ccccc2)=C1C. The maximum absolute atomic E-state index is 13.5. The molecule has 3 aromatic rings. The lowest BCUT2D eigenvalue weighted by Gasteiger charge is -2.35. The van der Waals surface area contributed by atoms with E-state index in [2.05, 4.69) is 21.2 Å². The Hall–Kier alpha value is -3.04. The van der Waals surface area contributed by atoms with Crippen LogP contribution in [0.15, 0.2) is 82.5 Å². The number of amides is 2. The molecule has 0 fully saturated rings. The minimum atomic E-state index is -0.845. The second-order valence-electron chi connectivity index (χ2n) is 8.48. The number of hydrogen-bond acceptors (Lipinski definition) is 5. The maximum atomic E-state index is 13.5. The molecule has 0 aliphatic carbocycles. The molecule has 38 heavy (non-hydrogen) atoms. The third-order valence-electron chi connectivity index (χ3n) is 5.90. The predicted octanol–water partition coefficient (Wildman–Crippen LogP) is 7.28. The van der Waals surface area contributed by atoms with Crippen molar-refractivity contribution in [3.8, 4) is 11.5 Å². The molecule has 1 aliphatic rings. The predicted molar refractivity (Wildman–Crippen MR) is 149 cm³/mol. The van der Waals surface area contributed by atoms with E-state index in [1.165, 1.54) is 4.90 Å². The average molecular weight is 620 g/mol. The molecule has 0 saturated heterocycles. The zero-order valence-electron chi connectivity index (χ0n) is 20.7. The van der Waals surface area contributed by atoms with Gasteiger partial charge in [0.05, 0.1) is 24.8 Å². The molecule has 0 bridgehead atoms. The van der Waals surface area contributed by atoms with E-state index in [9.17, 15) is 9.59 Å². The van der Waals surface area contributed by atoms with Crippen LogP contribution >= 0.6 is 39.1 Å². The number of methoxy groups -OCH3 is 1. The molecule has 1 aliphatic heterocycles. The van der Waals surface area contributed by atoms with E-state index in [0.29, 0.717) is 39.4 Å². The largest absolute Gasteiger partial charge is 0.457 e. The molecule has 3 aromatic carbocycles. The number of nitrogens with one attached hydrogen (secondary N) is 1. The van der Waals surface area contributed by atoms with E-state index in [-0.39, 0.29) is 24.8 Å². The van der Waals surface area contributed by atoms with E-state index in [4.69, 9.17) is 37.4 Å². The first kappa shape index (κ1) is 28.0. The number of ether oxygens (including phenoxy) is 3. The summed E-state index contributed by atoms with van der Waals surface area (Å²) >= 11 is 15.8. The lowest BCUT2D eigenvalue weighted by molar-refractivity contribution is -0.141. The number of rotatable bonds is 9. The number of urea groups is 1. The van der Waals surface area contributed by atoms with Crippen LogP contribution in [0.4, 0.5) is 4.79 Å². The van der Waals surface area contributed by atoms with Crippen LogP contribution in [0.1, 0.15) is 24.1 Å². The smallest absolute Gasteiger partial charge is 0.338 e. The topological polar surface area (TPSA) is 77.1 Å². The zero-order chi connectivity index (χ0) is 27.2. The van der Waals surface area contributed by atoms with Crippen molar-refractivity contribution in [1.29, 1.82) is 0 Å². The quantitative estimate of drug-likeness (QED) is 0.255. The Morgan fingerprint density at radius 1 is 1.05 bits per heavy atom. The molecule has 1 N–H and O–H groups in total. The monoisotopic (exact) mass is 618 g/mol. The first-order valence-electron chi connectivity index (χ1n) is 11.7. The van der Waals surface area contributed by atoms with E-state index in [1.807, 2.05) is 30.3 Å². The highest BCUT2D eigenvalue weighted by atomic mass is 79.9. The fourth-order valence-corrected chi connectivity index (χ4v) is 4.93. The van der Waals surface area contributed by atoms with Crippen LogP contribution in [0.25, 0.3) is 0 Å². The van der Waals surface area contributed by atoms with Crippen LogP contribution in [-0.4, -0.2) is 37.2 Å². The van der Waals surface area contributed by atoms with Crippen LogP contribution in [0.3, 0.4) is 0 Å². The summed E-state index contributed by atoms with van der Waals surface area (Å²) in [4.78, 5) is 28.2. The van der Waals surface area contributed by atoms with Crippen LogP contribution in [0, 0.1) is 0 Å². The molecule has 0 saturated carbocycles. The van der Waals surface area contributed by atoms with Gasteiger partial charge in [-0.05, 0) is 42.8 Å². The van der Waals surface area contributed by atoms with Crippen molar-refractivity contribution < 1.29 is 23.8 Å². The van der Waals surface area contributed by atoms with E-state index >= 15 is 0 Å². The highest BCUT2D eigenvalue weighted by Gasteiger charge is 2.38. The van der Waals surface area contributed by atoms with Crippen molar-refractivity contribution >= 4 is 51.1 Å². The number of esters is 1. The number of allylic oxidation sites excluding steroid dienone is 1. The van der Waals surface area contributed by atoms with E-state index in [1.54, 1.807) is 50.4 Å². The van der Waals surface area contributed by atoms with Gasteiger partial charge in [0, 0.05) is 32.9 Å². The van der Waals surface area contributed by atoms with Gasteiger partial charge in [-0.1, -0.05) is 75.5 Å². The normalized spacial score (nSPS) is 15.3. The van der Waals surface area contributed by atoms with E-state index in [0.717, 1.165) is 10.0 Å². The van der Waals surface area contributed by atoms with Gasteiger partial charge in [-0.3, -0.25) is 4.90 Å². The molecule has 10 heteroatoms. The fraction of sp³-hybridized carbons (Fsp3) is 0.214. The molecular formula is C28H25BrCl2N2O5. The summed E-state index contributed by atoms with van der Waals surface area (Å²) < 4.78 is 17.8. The summed E-state index contributed by atoms with van der Waals surface area (Å²) in [5, 5.41) is 3.76. The van der Waals surface area contributed by atoms with Gasteiger partial charge < -0.3 is 19.5 Å². The van der Waals surface area contributed by atoms with E-state index < -0.39 is 12.0 Å². The summed E-state index contributed by atoms with van der Waals surface area (Å²) in [6.07, 6.45) is 0. The summed E-state index contributed by atoms with van der Waals surface area (Å²) in [5.74, 6) is 0.243. The third kappa shape index (κ3) is 6.69.